The molecule has 440 valence electrons. The molecular weight excluding hydrogens is 1080 g/mol. The van der Waals surface area contributed by atoms with Gasteiger partial charge in [-0.05, 0) is 72.4 Å². The fourth-order valence-corrected chi connectivity index (χ4v) is 7.37. The fourth-order valence-electron chi connectivity index (χ4n) is 7.37. The van der Waals surface area contributed by atoms with Crippen molar-refractivity contribution in [3.63, 3.8) is 0 Å². The zero-order valence-corrected chi connectivity index (χ0v) is 43.0. The highest BCUT2D eigenvalue weighted by molar-refractivity contribution is 5.99. The Labute approximate surface area is 459 Å². The van der Waals surface area contributed by atoms with Gasteiger partial charge in [0, 0.05) is 25.7 Å². The van der Waals surface area contributed by atoms with Gasteiger partial charge in [-0.15, -0.1) is 0 Å². The number of phenolic OH excluding ortho intramolecular Hbond substituents is 3. The first-order valence-electron chi connectivity index (χ1n) is 24.5. The molecule has 81 heavy (non-hydrogen) atoms. The smallest absolute Gasteiger partial charge is 0.326 e. The summed E-state index contributed by atoms with van der Waals surface area (Å²) in [6, 6.07) is -0.0758. The lowest BCUT2D eigenvalue weighted by atomic mass is 10.0. The maximum absolute atomic E-state index is 13.9. The third-order valence-electron chi connectivity index (χ3n) is 11.8. The van der Waals surface area contributed by atoms with Gasteiger partial charge in [-0.2, -0.15) is 0 Å². The zero-order chi connectivity index (χ0) is 60.5. The number of hydrogen-bond acceptors (Lipinski definition) is 19. The predicted octanol–water partition coefficient (Wildman–Crippen LogP) is -6.30. The Hall–Kier alpha value is -9.46. The number of carbonyl (C=O) groups is 12. The number of nitrogens with one attached hydrogen (secondary N) is 8. The number of carboxylic acid groups (broad SMARTS) is 3. The van der Waals surface area contributed by atoms with Crippen molar-refractivity contribution in [3.05, 3.63) is 89.5 Å². The van der Waals surface area contributed by atoms with Gasteiger partial charge in [0.25, 0.3) is 0 Å². The van der Waals surface area contributed by atoms with E-state index in [-0.39, 0.29) is 36.5 Å². The van der Waals surface area contributed by atoms with Crippen molar-refractivity contribution in [2.24, 2.45) is 11.5 Å². The molecule has 0 spiro atoms. The lowest BCUT2D eigenvalue weighted by Gasteiger charge is -2.27. The first kappa shape index (κ1) is 65.8. The molecule has 0 saturated heterocycles. The number of nitrogens with two attached hydrogens (primary N) is 2. The normalized spacial score (nSPS) is 14.2. The van der Waals surface area contributed by atoms with E-state index in [2.05, 4.69) is 31.9 Å². The molecule has 3 rings (SSSR count). The number of phenols is 3. The van der Waals surface area contributed by atoms with Crippen LogP contribution in [0.1, 0.15) is 48.8 Å². The lowest BCUT2D eigenvalue weighted by Crippen LogP contribution is -2.62. The van der Waals surface area contributed by atoms with Crippen molar-refractivity contribution in [3.8, 4) is 17.2 Å². The van der Waals surface area contributed by atoms with Crippen LogP contribution in [0.2, 0.25) is 0 Å². The van der Waals surface area contributed by atoms with Crippen LogP contribution < -0.4 is 54.0 Å². The molecule has 0 aliphatic rings. The van der Waals surface area contributed by atoms with E-state index in [1.807, 2.05) is 10.6 Å². The largest absolute Gasteiger partial charge is 0.508 e. The van der Waals surface area contributed by atoms with E-state index < -0.39 is 177 Å². The summed E-state index contributed by atoms with van der Waals surface area (Å²) in [4.78, 5) is 156. The topological polar surface area (TPSA) is 535 Å². The van der Waals surface area contributed by atoms with Gasteiger partial charge in [0.15, 0.2) is 0 Å². The quantitative estimate of drug-likeness (QED) is 0.0264. The molecule has 0 unspecified atom stereocenters. The number of benzene rings is 3. The summed E-state index contributed by atoms with van der Waals surface area (Å²) in [5, 5.41) is 105. The molecule has 0 aromatic heterocycles. The average molecular weight is 1140 g/mol. The van der Waals surface area contributed by atoms with Gasteiger partial charge < -0.3 is 100.0 Å². The summed E-state index contributed by atoms with van der Waals surface area (Å²) in [5.41, 5.74) is 12.4. The third-order valence-corrected chi connectivity index (χ3v) is 11.8. The Morgan fingerprint density at radius 3 is 0.988 bits per heavy atom. The monoisotopic (exact) mass is 1140 g/mol. The minimum atomic E-state index is -2.09. The summed E-state index contributed by atoms with van der Waals surface area (Å²) < 4.78 is 0. The van der Waals surface area contributed by atoms with E-state index in [9.17, 15) is 103 Å². The van der Waals surface area contributed by atoms with Gasteiger partial charge in [-0.3, -0.25) is 52.7 Å². The van der Waals surface area contributed by atoms with Gasteiger partial charge in [-0.1, -0.05) is 36.4 Å². The first-order valence-corrected chi connectivity index (χ1v) is 24.5. The molecule has 3 aromatic rings. The molecule has 0 aliphatic carbocycles. The van der Waals surface area contributed by atoms with Crippen LogP contribution in [0, 0.1) is 0 Å². The van der Waals surface area contributed by atoms with Gasteiger partial charge in [0.1, 0.15) is 65.6 Å². The molecule has 9 amide bonds. The van der Waals surface area contributed by atoms with Crippen LogP contribution in [0.4, 0.5) is 0 Å². The number of rotatable bonds is 34. The van der Waals surface area contributed by atoms with Gasteiger partial charge >= 0.3 is 17.9 Å². The molecule has 9 atom stereocenters. The fraction of sp³-hybridized carbons (Fsp3) is 0.400. The van der Waals surface area contributed by atoms with E-state index in [0.717, 1.165) is 0 Å². The Bertz CT molecular complexity index is 2710. The molecule has 0 fully saturated rings. The Morgan fingerprint density at radius 2 is 0.642 bits per heavy atom. The van der Waals surface area contributed by atoms with Gasteiger partial charge in [-0.25, -0.2) is 4.79 Å². The number of carbonyl (C=O) groups excluding carboxylic acids is 9. The van der Waals surface area contributed by atoms with Crippen LogP contribution in [0.3, 0.4) is 0 Å². The summed E-state index contributed by atoms with van der Waals surface area (Å²) in [7, 11) is 0. The van der Waals surface area contributed by atoms with Crippen LogP contribution in [0.5, 0.6) is 17.2 Å². The number of aliphatic carboxylic acids is 3. The number of hydrogen-bond donors (Lipinski definition) is 19. The summed E-state index contributed by atoms with van der Waals surface area (Å²) in [6.07, 6.45) is -4.77. The number of carboxylic acids is 3. The molecule has 3 aromatic carbocycles. The molecule has 0 aliphatic heterocycles. The highest BCUT2D eigenvalue weighted by Gasteiger charge is 2.36. The molecular formula is C50H64N10O21. The minimum Gasteiger partial charge on any atom is -0.508 e. The maximum atomic E-state index is 13.9. The molecule has 21 N–H and O–H groups in total. The first-order chi connectivity index (χ1) is 38.2. The standard InChI is InChI=1S/C50H64N10O21/c51-30(17-24-1-7-27(64)8-2-24)42(72)58-36(21-61)47(77)53-32(14-16-41(70)71)44(74)56-34(20-39(52)67)46(76)59-38(23-63)49(79)60-37(22-62)48(78)54-31(13-15-40(68)69)43(73)55-33(18-25-3-9-28(65)10-4-25)45(75)57-35(50(80)81)19-26-5-11-29(66)12-6-26/h1-12,30-38,61-66H,13-23,51H2,(H2,52,67)(H,53,77)(H,54,78)(H,55,73)(H,56,74)(H,57,75)(H,58,72)(H,59,76)(H,60,79)(H,68,69)(H,70,71)(H,80,81)/t30-,31-,32-,33-,34-,35-,36-,37-,38-/m0/s1. The highest BCUT2D eigenvalue weighted by atomic mass is 16.4. The maximum Gasteiger partial charge on any atom is 0.326 e. The summed E-state index contributed by atoms with van der Waals surface area (Å²) in [6.45, 7) is -3.62. The van der Waals surface area contributed by atoms with Crippen molar-refractivity contribution < 1.29 is 103 Å². The molecule has 31 heteroatoms. The van der Waals surface area contributed by atoms with Gasteiger partial charge in [0.05, 0.1) is 32.3 Å². The number of aliphatic hydroxyl groups is 3. The van der Waals surface area contributed by atoms with Crippen molar-refractivity contribution in [1.82, 2.24) is 42.5 Å². The van der Waals surface area contributed by atoms with Crippen LogP contribution in [-0.4, -0.2) is 191 Å². The average Bonchev–Trinajstić information content (AvgIpc) is 3.41. The lowest BCUT2D eigenvalue weighted by molar-refractivity contribution is -0.142. The number of aromatic hydroxyl groups is 3. The SMILES string of the molecule is NC(=O)C[C@H](NC(=O)[C@H](CCC(=O)O)NC(=O)[C@H](CO)NC(=O)[C@@H](N)Cc1ccc(O)cc1)C(=O)N[C@@H](CO)C(=O)N[C@@H](CO)C(=O)N[C@@H](CCC(=O)O)C(=O)N[C@@H](Cc1ccc(O)cc1)C(=O)N[C@@H](Cc1ccc(O)cc1)C(=O)O. The Balaban J connectivity index is 1.78. The third kappa shape index (κ3) is 22.8. The van der Waals surface area contributed by atoms with Crippen LogP contribution >= 0.6 is 0 Å². The van der Waals surface area contributed by atoms with Crippen molar-refractivity contribution in [2.75, 3.05) is 19.8 Å². The van der Waals surface area contributed by atoms with E-state index in [4.69, 9.17) is 11.5 Å². The van der Waals surface area contributed by atoms with Crippen LogP contribution in [0.25, 0.3) is 0 Å². The van der Waals surface area contributed by atoms with Crippen molar-refractivity contribution in [2.45, 2.75) is 106 Å². The second-order valence-electron chi connectivity index (χ2n) is 18.1. The van der Waals surface area contributed by atoms with Gasteiger partial charge in [0.2, 0.25) is 53.2 Å². The second-order valence-corrected chi connectivity index (χ2v) is 18.1. The zero-order valence-electron chi connectivity index (χ0n) is 43.0. The van der Waals surface area contributed by atoms with Crippen molar-refractivity contribution >= 4 is 71.1 Å². The van der Waals surface area contributed by atoms with Crippen LogP contribution in [0.15, 0.2) is 72.8 Å². The number of primary amides is 1. The molecule has 0 saturated carbocycles. The Kier molecular flexibility index (Phi) is 26.4. The molecule has 0 heterocycles. The molecule has 0 radical (unpaired) electrons. The summed E-state index contributed by atoms with van der Waals surface area (Å²) >= 11 is 0. The minimum absolute atomic E-state index is 0.0638. The van der Waals surface area contributed by atoms with Crippen molar-refractivity contribution in [1.29, 1.82) is 0 Å². The van der Waals surface area contributed by atoms with E-state index >= 15 is 0 Å². The molecule has 31 nitrogen and oxygen atoms in total. The van der Waals surface area contributed by atoms with E-state index in [1.165, 1.54) is 72.8 Å². The Morgan fingerprint density at radius 1 is 0.370 bits per heavy atom. The van der Waals surface area contributed by atoms with E-state index in [0.29, 0.717) is 16.7 Å². The second kappa shape index (κ2) is 32.4. The van der Waals surface area contributed by atoms with E-state index in [1.54, 1.807) is 0 Å². The summed E-state index contributed by atoms with van der Waals surface area (Å²) in [5.74, 6) is -16.2. The molecule has 0 bridgehead atoms. The number of amides is 9. The highest BCUT2D eigenvalue weighted by Crippen LogP contribution is 2.15. The van der Waals surface area contributed by atoms with Crippen LogP contribution in [-0.2, 0) is 76.8 Å². The number of aliphatic hydroxyl groups excluding tert-OH is 3. The predicted molar refractivity (Wildman–Crippen MR) is 275 cm³/mol.